The first-order valence-corrected chi connectivity index (χ1v) is 6.86. The largest absolute Gasteiger partial charge is 0.396 e. The average molecular weight is 284 g/mol. The Kier molecular flexibility index (Phi) is 5.82. The van der Waals surface area contributed by atoms with E-state index in [0.717, 1.165) is 0 Å². The second-order valence-electron chi connectivity index (χ2n) is 5.44. The molecule has 5 N–H and O–H groups in total. The van der Waals surface area contributed by atoms with Crippen LogP contribution in [0.2, 0.25) is 0 Å². The molecule has 20 heavy (non-hydrogen) atoms. The van der Waals surface area contributed by atoms with Gasteiger partial charge in [-0.05, 0) is 25.7 Å². The van der Waals surface area contributed by atoms with E-state index in [1.165, 1.54) is 4.57 Å². The second kappa shape index (κ2) is 7.14. The first kappa shape index (κ1) is 16.3. The molecule has 1 rings (SSSR count). The number of H-pyrrole nitrogens is 1. The van der Waals surface area contributed by atoms with E-state index in [9.17, 15) is 9.59 Å². The zero-order chi connectivity index (χ0) is 15.3. The molecule has 0 aliphatic rings. The molecular weight excluding hydrogens is 260 g/mol. The maximum atomic E-state index is 11.8. The summed E-state index contributed by atoms with van der Waals surface area (Å²) in [4.78, 5) is 25.9. The smallest absolute Gasteiger partial charge is 0.330 e. The molecule has 1 unspecified atom stereocenters. The minimum Gasteiger partial charge on any atom is -0.396 e. The van der Waals surface area contributed by atoms with Crippen LogP contribution in [0.1, 0.15) is 33.6 Å². The Hall–Kier alpha value is -1.76. The van der Waals surface area contributed by atoms with Crippen LogP contribution in [0, 0.1) is 5.92 Å². The molecule has 1 heterocycles. The number of aliphatic hydroxyl groups is 1. The third-order valence-corrected chi connectivity index (χ3v) is 2.97. The van der Waals surface area contributed by atoms with E-state index in [4.69, 9.17) is 10.8 Å². The van der Waals surface area contributed by atoms with Gasteiger partial charge in [-0.2, -0.15) is 0 Å². The van der Waals surface area contributed by atoms with Crippen molar-refractivity contribution in [3.05, 3.63) is 20.8 Å². The van der Waals surface area contributed by atoms with Crippen molar-refractivity contribution in [2.24, 2.45) is 5.92 Å². The Morgan fingerprint density at radius 3 is 2.55 bits per heavy atom. The van der Waals surface area contributed by atoms with Crippen LogP contribution in [0.15, 0.2) is 9.59 Å². The lowest BCUT2D eigenvalue weighted by Crippen LogP contribution is -2.36. The number of aliphatic hydroxyl groups excluding tert-OH is 1. The van der Waals surface area contributed by atoms with Crippen LogP contribution in [0.4, 0.5) is 11.5 Å². The molecule has 1 aromatic heterocycles. The van der Waals surface area contributed by atoms with Gasteiger partial charge in [0.2, 0.25) is 0 Å². The normalized spacial score (nSPS) is 12.7. The highest BCUT2D eigenvalue weighted by atomic mass is 16.3. The summed E-state index contributed by atoms with van der Waals surface area (Å²) >= 11 is 0. The summed E-state index contributed by atoms with van der Waals surface area (Å²) in [6.07, 6.45) is 1.34. The van der Waals surface area contributed by atoms with Gasteiger partial charge >= 0.3 is 5.69 Å². The van der Waals surface area contributed by atoms with Gasteiger partial charge in [0.25, 0.3) is 5.56 Å². The summed E-state index contributed by atoms with van der Waals surface area (Å²) < 4.78 is 1.37. The number of rotatable bonds is 7. The fourth-order valence-electron chi connectivity index (χ4n) is 1.99. The summed E-state index contributed by atoms with van der Waals surface area (Å²) in [6, 6.07) is -0.0180. The minimum atomic E-state index is -0.511. The van der Waals surface area contributed by atoms with Crippen LogP contribution in [0.5, 0.6) is 0 Å². The number of aromatic amines is 1. The Bertz CT molecular complexity index is 548. The summed E-state index contributed by atoms with van der Waals surface area (Å²) in [5.41, 5.74) is 5.16. The number of nitrogens with one attached hydrogen (secondary N) is 2. The molecule has 0 aliphatic heterocycles. The maximum Gasteiger partial charge on any atom is 0.330 e. The molecule has 1 atom stereocenters. The lowest BCUT2D eigenvalue weighted by Gasteiger charge is -2.18. The van der Waals surface area contributed by atoms with Gasteiger partial charge in [-0.15, -0.1) is 0 Å². The first-order chi connectivity index (χ1) is 9.36. The topological polar surface area (TPSA) is 113 Å². The second-order valence-corrected chi connectivity index (χ2v) is 5.44. The van der Waals surface area contributed by atoms with Crippen LogP contribution < -0.4 is 22.3 Å². The molecule has 0 spiro atoms. The zero-order valence-electron chi connectivity index (χ0n) is 12.3. The monoisotopic (exact) mass is 284 g/mol. The van der Waals surface area contributed by atoms with Crippen molar-refractivity contribution >= 4 is 11.5 Å². The molecule has 7 heteroatoms. The number of nitrogens with two attached hydrogens (primary N) is 1. The van der Waals surface area contributed by atoms with E-state index in [1.807, 2.05) is 20.8 Å². The number of hydrogen-bond donors (Lipinski definition) is 4. The lowest BCUT2D eigenvalue weighted by molar-refractivity contribution is 0.282. The number of aromatic nitrogens is 2. The van der Waals surface area contributed by atoms with Crippen LogP contribution in [-0.4, -0.2) is 27.3 Å². The van der Waals surface area contributed by atoms with Crippen LogP contribution in [-0.2, 0) is 6.54 Å². The van der Waals surface area contributed by atoms with Crippen molar-refractivity contribution in [3.63, 3.8) is 0 Å². The highest BCUT2D eigenvalue weighted by molar-refractivity contribution is 5.60. The van der Waals surface area contributed by atoms with Crippen LogP contribution >= 0.6 is 0 Å². The molecular formula is C13H24N4O3. The molecule has 0 saturated heterocycles. The molecule has 7 nitrogen and oxygen atoms in total. The predicted octanol–water partition coefficient (Wildman–Crippen LogP) is 0.348. The van der Waals surface area contributed by atoms with Gasteiger partial charge in [-0.3, -0.25) is 14.3 Å². The maximum absolute atomic E-state index is 11.8. The Balaban J connectivity index is 3.07. The molecule has 114 valence electrons. The summed E-state index contributed by atoms with van der Waals surface area (Å²) in [5, 5.41) is 11.8. The van der Waals surface area contributed by atoms with Gasteiger partial charge in [0, 0.05) is 19.2 Å². The van der Waals surface area contributed by atoms with Crippen LogP contribution in [0.25, 0.3) is 0 Å². The number of anilines is 2. The Morgan fingerprint density at radius 1 is 1.35 bits per heavy atom. The number of hydrogen-bond acceptors (Lipinski definition) is 5. The zero-order valence-corrected chi connectivity index (χ0v) is 12.3. The van der Waals surface area contributed by atoms with Crippen molar-refractivity contribution in [2.45, 2.75) is 46.2 Å². The van der Waals surface area contributed by atoms with Gasteiger partial charge in [-0.25, -0.2) is 4.79 Å². The highest BCUT2D eigenvalue weighted by Crippen LogP contribution is 2.14. The predicted molar refractivity (Wildman–Crippen MR) is 80.0 cm³/mol. The average Bonchev–Trinajstić information content (AvgIpc) is 2.37. The van der Waals surface area contributed by atoms with Gasteiger partial charge < -0.3 is 16.2 Å². The summed E-state index contributed by atoms with van der Waals surface area (Å²) in [5.74, 6) is 0.392. The van der Waals surface area contributed by atoms with Gasteiger partial charge in [0.1, 0.15) is 11.5 Å². The van der Waals surface area contributed by atoms with Crippen molar-refractivity contribution in [1.82, 2.24) is 9.55 Å². The number of nitrogen functional groups attached to an aromatic ring is 1. The van der Waals surface area contributed by atoms with E-state index in [1.54, 1.807) is 0 Å². The Morgan fingerprint density at radius 2 is 2.00 bits per heavy atom. The fourth-order valence-corrected chi connectivity index (χ4v) is 1.99. The lowest BCUT2D eigenvalue weighted by atomic mass is 10.2. The number of nitrogens with zero attached hydrogens (tertiary/aromatic N) is 1. The molecule has 0 radical (unpaired) electrons. The fraction of sp³-hybridized carbons (Fsp3) is 0.692. The van der Waals surface area contributed by atoms with Crippen molar-refractivity contribution < 1.29 is 5.11 Å². The quantitative estimate of drug-likeness (QED) is 0.577. The minimum absolute atomic E-state index is 0.0180. The van der Waals surface area contributed by atoms with E-state index in [2.05, 4.69) is 10.3 Å². The highest BCUT2D eigenvalue weighted by Gasteiger charge is 2.14. The van der Waals surface area contributed by atoms with Gasteiger partial charge in [-0.1, -0.05) is 13.8 Å². The molecule has 1 aromatic rings. The summed E-state index contributed by atoms with van der Waals surface area (Å²) in [6.45, 7) is 6.38. The third kappa shape index (κ3) is 4.12. The molecule has 0 aliphatic carbocycles. The molecule has 0 fully saturated rings. The van der Waals surface area contributed by atoms with Crippen LogP contribution in [0.3, 0.4) is 0 Å². The molecule has 0 amide bonds. The molecule has 0 bridgehead atoms. The van der Waals surface area contributed by atoms with E-state index >= 15 is 0 Å². The molecule has 0 aromatic carbocycles. The van der Waals surface area contributed by atoms with E-state index in [-0.39, 0.29) is 30.1 Å². The van der Waals surface area contributed by atoms with Gasteiger partial charge in [0.05, 0.1) is 0 Å². The van der Waals surface area contributed by atoms with Crippen molar-refractivity contribution in [3.8, 4) is 0 Å². The van der Waals surface area contributed by atoms with Crippen molar-refractivity contribution in [1.29, 1.82) is 0 Å². The standard InChI is InChI=1S/C13H24N4O3/c1-8(2)7-17-11(14)10(12(19)16-13(17)20)15-9(3)5-4-6-18/h8-9,15,18H,4-7,14H2,1-3H3,(H,16,19,20). The Labute approximate surface area is 117 Å². The first-order valence-electron chi connectivity index (χ1n) is 6.86. The summed E-state index contributed by atoms with van der Waals surface area (Å²) in [7, 11) is 0. The van der Waals surface area contributed by atoms with Gasteiger partial charge in [0.15, 0.2) is 0 Å². The SMILES string of the molecule is CC(C)Cn1c(N)c(NC(C)CCCO)c(=O)[nH]c1=O. The van der Waals surface area contributed by atoms with E-state index in [0.29, 0.717) is 19.4 Å². The van der Waals surface area contributed by atoms with Crippen molar-refractivity contribution in [2.75, 3.05) is 17.7 Å². The van der Waals surface area contributed by atoms with E-state index < -0.39 is 11.2 Å². The third-order valence-electron chi connectivity index (χ3n) is 2.97. The molecule has 0 saturated carbocycles.